The van der Waals surface area contributed by atoms with E-state index in [1.54, 1.807) is 20.8 Å². The van der Waals surface area contributed by atoms with Crippen molar-refractivity contribution in [1.82, 2.24) is 16.0 Å². The average molecular weight is 452 g/mol. The van der Waals surface area contributed by atoms with E-state index < -0.39 is 29.8 Å². The fourth-order valence-corrected chi connectivity index (χ4v) is 2.53. The number of ether oxygens (including phenoxy) is 3. The fourth-order valence-electron chi connectivity index (χ4n) is 2.53. The quantitative estimate of drug-likeness (QED) is 0.267. The number of carbonyl (C=O) groups is 4. The zero-order chi connectivity index (χ0) is 24.0. The Hall–Kier alpha value is -3.30. The van der Waals surface area contributed by atoms with Crippen molar-refractivity contribution in [1.29, 1.82) is 0 Å². The first kappa shape index (κ1) is 26.7. The van der Waals surface area contributed by atoms with E-state index in [1.165, 1.54) is 7.11 Å². The maximum absolute atomic E-state index is 12.0. The summed E-state index contributed by atoms with van der Waals surface area (Å²) in [5, 5.41) is 7.53. The number of hydrogen-bond donors (Lipinski definition) is 3. The first-order chi connectivity index (χ1) is 15.1. The van der Waals surface area contributed by atoms with E-state index in [0.29, 0.717) is 25.8 Å². The van der Waals surface area contributed by atoms with Gasteiger partial charge in [0, 0.05) is 6.54 Å². The maximum atomic E-state index is 12.0. The molecule has 0 aliphatic heterocycles. The molecule has 10 nitrogen and oxygen atoms in total. The molecule has 0 saturated carbocycles. The lowest BCUT2D eigenvalue weighted by atomic mass is 10.1. The van der Waals surface area contributed by atoms with Crippen LogP contribution < -0.4 is 16.0 Å². The molecule has 0 aliphatic rings. The van der Waals surface area contributed by atoms with Crippen molar-refractivity contribution in [3.63, 3.8) is 0 Å². The topological polar surface area (TPSA) is 132 Å². The van der Waals surface area contributed by atoms with Crippen LogP contribution in [0.5, 0.6) is 0 Å². The van der Waals surface area contributed by atoms with Gasteiger partial charge < -0.3 is 30.2 Å². The lowest BCUT2D eigenvalue weighted by Crippen LogP contribution is -2.42. The number of esters is 1. The Morgan fingerprint density at radius 1 is 0.969 bits per heavy atom. The van der Waals surface area contributed by atoms with Crippen molar-refractivity contribution in [3.8, 4) is 0 Å². The maximum Gasteiger partial charge on any atom is 0.408 e. The molecule has 1 aromatic carbocycles. The average Bonchev–Trinajstić information content (AvgIpc) is 2.74. The molecule has 10 heteroatoms. The van der Waals surface area contributed by atoms with E-state index in [0.717, 1.165) is 5.56 Å². The molecule has 1 unspecified atom stereocenters. The molecule has 0 saturated heterocycles. The molecule has 0 spiro atoms. The van der Waals surface area contributed by atoms with Gasteiger partial charge in [-0.3, -0.25) is 4.79 Å². The lowest BCUT2D eigenvalue weighted by Gasteiger charge is -2.19. The minimum Gasteiger partial charge on any atom is -0.467 e. The third-order valence-corrected chi connectivity index (χ3v) is 4.02. The molecular formula is C22H33N3O7. The van der Waals surface area contributed by atoms with Gasteiger partial charge >= 0.3 is 18.2 Å². The van der Waals surface area contributed by atoms with E-state index in [9.17, 15) is 19.2 Å². The second kappa shape index (κ2) is 13.9. The Morgan fingerprint density at radius 2 is 1.66 bits per heavy atom. The molecule has 3 N–H and O–H groups in total. The first-order valence-electron chi connectivity index (χ1n) is 10.4. The zero-order valence-electron chi connectivity index (χ0n) is 19.1. The van der Waals surface area contributed by atoms with Crippen molar-refractivity contribution >= 4 is 24.1 Å². The molecule has 0 heterocycles. The summed E-state index contributed by atoms with van der Waals surface area (Å²) in [6.07, 6.45) is 0.0360. The summed E-state index contributed by atoms with van der Waals surface area (Å²) in [7, 11) is 1.24. The van der Waals surface area contributed by atoms with Gasteiger partial charge in [0.15, 0.2) is 0 Å². The third kappa shape index (κ3) is 12.4. The van der Waals surface area contributed by atoms with Gasteiger partial charge in [-0.25, -0.2) is 14.4 Å². The minimum absolute atomic E-state index is 0.0872. The molecule has 1 rings (SSSR count). The van der Waals surface area contributed by atoms with Gasteiger partial charge in [-0.05, 0) is 45.6 Å². The summed E-state index contributed by atoms with van der Waals surface area (Å²) < 4.78 is 14.9. The van der Waals surface area contributed by atoms with Crippen molar-refractivity contribution in [2.75, 3.05) is 20.2 Å². The van der Waals surface area contributed by atoms with Gasteiger partial charge in [-0.15, -0.1) is 0 Å². The van der Waals surface area contributed by atoms with Gasteiger partial charge in [0.05, 0.1) is 13.7 Å². The molecule has 32 heavy (non-hydrogen) atoms. The molecule has 1 atom stereocenters. The monoisotopic (exact) mass is 451 g/mol. The third-order valence-electron chi connectivity index (χ3n) is 4.02. The van der Waals surface area contributed by atoms with Crippen LogP contribution in [0.3, 0.4) is 0 Å². The van der Waals surface area contributed by atoms with Crippen LogP contribution in [0.2, 0.25) is 0 Å². The van der Waals surface area contributed by atoms with E-state index in [4.69, 9.17) is 14.2 Å². The molecule has 178 valence electrons. The predicted octanol–water partition coefficient (Wildman–Crippen LogP) is 2.27. The van der Waals surface area contributed by atoms with Crippen LogP contribution in [0.25, 0.3) is 0 Å². The molecular weight excluding hydrogens is 418 g/mol. The Labute approximate surface area is 188 Å². The minimum atomic E-state index is -0.854. The highest BCUT2D eigenvalue weighted by atomic mass is 16.6. The molecule has 0 aromatic heterocycles. The van der Waals surface area contributed by atoms with Crippen LogP contribution in [0, 0.1) is 0 Å². The van der Waals surface area contributed by atoms with Crippen molar-refractivity contribution in [2.24, 2.45) is 0 Å². The van der Waals surface area contributed by atoms with Gasteiger partial charge in [-0.2, -0.15) is 0 Å². The summed E-state index contributed by atoms with van der Waals surface area (Å²) in [6.45, 7) is 5.42. The van der Waals surface area contributed by atoms with E-state index in [2.05, 4.69) is 16.0 Å². The predicted molar refractivity (Wildman–Crippen MR) is 117 cm³/mol. The Kier molecular flexibility index (Phi) is 11.6. The second-order valence-electron chi connectivity index (χ2n) is 7.98. The number of methoxy groups -OCH3 is 1. The van der Waals surface area contributed by atoms with E-state index >= 15 is 0 Å². The highest BCUT2D eigenvalue weighted by Gasteiger charge is 2.22. The Balaban J connectivity index is 2.27. The summed E-state index contributed by atoms with van der Waals surface area (Å²) in [4.78, 5) is 47.2. The molecule has 0 fully saturated rings. The van der Waals surface area contributed by atoms with E-state index in [-0.39, 0.29) is 19.1 Å². The lowest BCUT2D eigenvalue weighted by molar-refractivity contribution is -0.143. The number of rotatable bonds is 11. The number of amides is 3. The van der Waals surface area contributed by atoms with Gasteiger partial charge in [0.2, 0.25) is 5.91 Å². The Morgan fingerprint density at radius 3 is 2.28 bits per heavy atom. The Bertz CT molecular complexity index is 748. The summed E-state index contributed by atoms with van der Waals surface area (Å²) in [5.74, 6) is -0.935. The molecule has 0 aliphatic carbocycles. The molecule has 0 radical (unpaired) electrons. The van der Waals surface area contributed by atoms with Gasteiger partial charge in [0.1, 0.15) is 18.2 Å². The van der Waals surface area contributed by atoms with Crippen LogP contribution in [-0.4, -0.2) is 55.9 Å². The molecule has 0 bridgehead atoms. The van der Waals surface area contributed by atoms with Crippen molar-refractivity contribution in [3.05, 3.63) is 35.9 Å². The number of alkyl carbamates (subject to hydrolysis) is 2. The number of unbranched alkanes of at least 4 members (excludes halogenated alkanes) is 1. The number of carbonyl (C=O) groups excluding carboxylic acids is 4. The highest BCUT2D eigenvalue weighted by molar-refractivity contribution is 5.82. The van der Waals surface area contributed by atoms with Crippen LogP contribution in [0.4, 0.5) is 9.59 Å². The largest absolute Gasteiger partial charge is 0.467 e. The summed E-state index contributed by atoms with van der Waals surface area (Å²) in [5.41, 5.74) is 0.188. The van der Waals surface area contributed by atoms with Crippen LogP contribution >= 0.6 is 0 Å². The van der Waals surface area contributed by atoms with Crippen molar-refractivity contribution in [2.45, 2.75) is 58.3 Å². The zero-order valence-corrected chi connectivity index (χ0v) is 19.1. The normalized spacial score (nSPS) is 11.6. The standard InChI is InChI=1S/C22H33N3O7/c1-22(2,3)32-20(28)24-14-18(26)23-13-9-8-12-17(19(27)30-4)25-21(29)31-15-16-10-6-5-7-11-16/h5-7,10-11,17H,8-9,12-15H2,1-4H3,(H,23,26)(H,24,28)(H,25,29). The van der Waals surface area contributed by atoms with Crippen LogP contribution in [0.15, 0.2) is 30.3 Å². The molecule has 3 amide bonds. The smallest absolute Gasteiger partial charge is 0.408 e. The molecule has 1 aromatic rings. The van der Waals surface area contributed by atoms with Crippen LogP contribution in [-0.2, 0) is 30.4 Å². The summed E-state index contributed by atoms with van der Waals surface area (Å²) >= 11 is 0. The highest BCUT2D eigenvalue weighted by Crippen LogP contribution is 2.06. The van der Waals surface area contributed by atoms with Gasteiger partial charge in [-0.1, -0.05) is 30.3 Å². The number of hydrogen-bond acceptors (Lipinski definition) is 7. The number of nitrogens with one attached hydrogen (secondary N) is 3. The SMILES string of the molecule is COC(=O)C(CCCCNC(=O)CNC(=O)OC(C)(C)C)NC(=O)OCc1ccccc1. The number of benzene rings is 1. The van der Waals surface area contributed by atoms with Crippen molar-refractivity contribution < 1.29 is 33.4 Å². The second-order valence-corrected chi connectivity index (χ2v) is 7.98. The van der Waals surface area contributed by atoms with E-state index in [1.807, 2.05) is 30.3 Å². The van der Waals surface area contributed by atoms with Crippen LogP contribution in [0.1, 0.15) is 45.6 Å². The fraction of sp³-hybridized carbons (Fsp3) is 0.545. The first-order valence-corrected chi connectivity index (χ1v) is 10.4. The summed E-state index contributed by atoms with van der Waals surface area (Å²) in [6, 6.07) is 8.31. The van der Waals surface area contributed by atoms with Gasteiger partial charge in [0.25, 0.3) is 0 Å².